The van der Waals surface area contributed by atoms with Crippen molar-refractivity contribution in [2.75, 3.05) is 5.73 Å². The highest BCUT2D eigenvalue weighted by molar-refractivity contribution is 5.75. The summed E-state index contributed by atoms with van der Waals surface area (Å²) in [5.74, 6) is -4.06. The third-order valence-electron chi connectivity index (χ3n) is 4.14. The fraction of sp³-hybridized carbons (Fsp3) is 0.474. The number of esters is 3. The van der Waals surface area contributed by atoms with Gasteiger partial charge >= 0.3 is 23.9 Å². The lowest BCUT2D eigenvalue weighted by Crippen LogP contribution is -2.64. The van der Waals surface area contributed by atoms with E-state index >= 15 is 0 Å². The molecule has 0 bridgehead atoms. The smallest absolute Gasteiger partial charge is 0.337 e. The number of ether oxygens (including phenoxy) is 5. The molecule has 1 aromatic rings. The normalized spacial score (nSPS) is 25.2. The Morgan fingerprint density at radius 1 is 0.968 bits per heavy atom. The fourth-order valence-corrected chi connectivity index (χ4v) is 3.00. The quantitative estimate of drug-likeness (QED) is 0.287. The van der Waals surface area contributed by atoms with E-state index in [1.165, 1.54) is 18.2 Å². The van der Waals surface area contributed by atoms with Crippen LogP contribution in [0.1, 0.15) is 26.3 Å². The van der Waals surface area contributed by atoms with E-state index in [2.05, 4.69) is 0 Å². The van der Waals surface area contributed by atoms with Gasteiger partial charge in [-0.2, -0.15) is 0 Å². The van der Waals surface area contributed by atoms with Gasteiger partial charge < -0.3 is 39.6 Å². The number of carboxylic acids is 1. The number of carbonyl (C=O) groups excluding carboxylic acids is 3. The topological polar surface area (TPSA) is 181 Å². The van der Waals surface area contributed by atoms with Gasteiger partial charge in [-0.15, -0.1) is 0 Å². The number of nitrogen functional groups attached to an aromatic ring is 1. The summed E-state index contributed by atoms with van der Waals surface area (Å²) in [4.78, 5) is 46.7. The summed E-state index contributed by atoms with van der Waals surface area (Å²) in [7, 11) is 0. The van der Waals surface area contributed by atoms with E-state index in [-0.39, 0.29) is 18.0 Å². The van der Waals surface area contributed by atoms with Crippen molar-refractivity contribution in [3.8, 4) is 5.75 Å². The maximum absolute atomic E-state index is 11.8. The first-order chi connectivity index (χ1) is 14.5. The molecule has 2 rings (SSSR count). The molecule has 31 heavy (non-hydrogen) atoms. The summed E-state index contributed by atoms with van der Waals surface area (Å²) in [6.45, 7) is 2.86. The molecule has 170 valence electrons. The van der Waals surface area contributed by atoms with Crippen LogP contribution in [0.25, 0.3) is 0 Å². The number of aliphatic hydroxyl groups excluding tert-OH is 1. The Morgan fingerprint density at radius 3 is 2.00 bits per heavy atom. The van der Waals surface area contributed by atoms with Gasteiger partial charge in [-0.25, -0.2) is 4.79 Å². The molecule has 0 aliphatic carbocycles. The average Bonchev–Trinajstić information content (AvgIpc) is 2.66. The first-order valence-electron chi connectivity index (χ1n) is 9.09. The lowest BCUT2D eigenvalue weighted by molar-refractivity contribution is -0.281. The van der Waals surface area contributed by atoms with Crippen LogP contribution in [-0.2, 0) is 44.7 Å². The van der Waals surface area contributed by atoms with Crippen molar-refractivity contribution in [1.29, 1.82) is 0 Å². The van der Waals surface area contributed by atoms with E-state index in [9.17, 15) is 29.4 Å². The van der Waals surface area contributed by atoms with Crippen LogP contribution in [0.5, 0.6) is 5.75 Å². The first kappa shape index (κ1) is 23.9. The van der Waals surface area contributed by atoms with Gasteiger partial charge in [-0.1, -0.05) is 6.07 Å². The van der Waals surface area contributed by atoms with Crippen molar-refractivity contribution in [3.05, 3.63) is 23.8 Å². The molecule has 0 saturated carbocycles. The average molecular weight is 441 g/mol. The van der Waals surface area contributed by atoms with Gasteiger partial charge in [0.1, 0.15) is 5.75 Å². The molecule has 1 saturated heterocycles. The van der Waals surface area contributed by atoms with Gasteiger partial charge in [-0.05, 0) is 17.7 Å². The molecule has 4 N–H and O–H groups in total. The number of aliphatic carboxylic acids is 1. The van der Waals surface area contributed by atoms with E-state index in [4.69, 9.17) is 29.4 Å². The Hall–Kier alpha value is -3.38. The second kappa shape index (κ2) is 10.1. The predicted octanol–water partition coefficient (Wildman–Crippen LogP) is -0.255. The van der Waals surface area contributed by atoms with Gasteiger partial charge in [0.05, 0.1) is 12.3 Å². The van der Waals surface area contributed by atoms with Crippen LogP contribution >= 0.6 is 0 Å². The number of aliphatic hydroxyl groups is 1. The van der Waals surface area contributed by atoms with E-state index < -0.39 is 54.6 Å². The zero-order valence-electron chi connectivity index (χ0n) is 17.0. The van der Waals surface area contributed by atoms with Crippen molar-refractivity contribution in [3.63, 3.8) is 0 Å². The SMILES string of the molecule is CC(=O)O[C@@H]1[C@@H](OC(C)=O)[C@H](Oc2ccc(CO)cc2N)O[C@H](C(=O)O)[C@H]1OC(C)=O. The summed E-state index contributed by atoms with van der Waals surface area (Å²) in [6, 6.07) is 4.30. The molecular weight excluding hydrogens is 418 g/mol. The van der Waals surface area contributed by atoms with Crippen LogP contribution in [0.3, 0.4) is 0 Å². The van der Waals surface area contributed by atoms with Gasteiger partial charge in [0.2, 0.25) is 12.4 Å². The number of nitrogens with two attached hydrogens (primary N) is 1. The largest absolute Gasteiger partial charge is 0.479 e. The zero-order valence-corrected chi connectivity index (χ0v) is 17.0. The molecule has 12 nitrogen and oxygen atoms in total. The monoisotopic (exact) mass is 441 g/mol. The molecule has 0 radical (unpaired) electrons. The number of benzene rings is 1. The summed E-state index contributed by atoms with van der Waals surface area (Å²) in [6.07, 6.45) is -8.09. The maximum atomic E-state index is 11.8. The number of hydrogen-bond donors (Lipinski definition) is 3. The highest BCUT2D eigenvalue weighted by Gasteiger charge is 2.55. The third-order valence-corrected chi connectivity index (χ3v) is 4.14. The summed E-state index contributed by atoms with van der Waals surface area (Å²) in [5.41, 5.74) is 6.46. The highest BCUT2D eigenvalue weighted by Crippen LogP contribution is 2.32. The van der Waals surface area contributed by atoms with E-state index in [1.807, 2.05) is 0 Å². The Morgan fingerprint density at radius 2 is 1.52 bits per heavy atom. The second-order valence-corrected chi connectivity index (χ2v) is 6.63. The molecule has 0 amide bonds. The van der Waals surface area contributed by atoms with Crippen LogP contribution in [0.4, 0.5) is 5.69 Å². The summed E-state index contributed by atoms with van der Waals surface area (Å²) < 4.78 is 26.4. The van der Waals surface area contributed by atoms with Crippen LogP contribution in [0.2, 0.25) is 0 Å². The highest BCUT2D eigenvalue weighted by atomic mass is 16.7. The maximum Gasteiger partial charge on any atom is 0.337 e. The minimum Gasteiger partial charge on any atom is -0.479 e. The Balaban J connectivity index is 2.48. The number of hydrogen-bond acceptors (Lipinski definition) is 11. The lowest BCUT2D eigenvalue weighted by Gasteiger charge is -2.42. The Bertz CT molecular complexity index is 855. The lowest BCUT2D eigenvalue weighted by atomic mass is 9.97. The Labute approximate surface area is 176 Å². The molecule has 0 unspecified atom stereocenters. The van der Waals surface area contributed by atoms with Crippen molar-refractivity contribution < 1.29 is 53.1 Å². The molecular formula is C19H23NO11. The van der Waals surface area contributed by atoms with Crippen LogP contribution in [0, 0.1) is 0 Å². The predicted molar refractivity (Wildman–Crippen MR) is 100 cm³/mol. The summed E-state index contributed by atoms with van der Waals surface area (Å²) in [5, 5.41) is 18.8. The van der Waals surface area contributed by atoms with Crippen molar-refractivity contribution in [1.82, 2.24) is 0 Å². The van der Waals surface area contributed by atoms with E-state index in [0.29, 0.717) is 5.56 Å². The number of carboxylic acid groups (broad SMARTS) is 1. The first-order valence-corrected chi connectivity index (χ1v) is 9.09. The number of rotatable bonds is 7. The molecule has 5 atom stereocenters. The molecule has 0 spiro atoms. The van der Waals surface area contributed by atoms with Gasteiger partial charge in [0.25, 0.3) is 0 Å². The molecule has 1 aliphatic rings. The van der Waals surface area contributed by atoms with E-state index in [0.717, 1.165) is 20.8 Å². The van der Waals surface area contributed by atoms with Crippen molar-refractivity contribution in [2.45, 2.75) is 58.1 Å². The van der Waals surface area contributed by atoms with Crippen LogP contribution in [0.15, 0.2) is 18.2 Å². The van der Waals surface area contributed by atoms with Gasteiger partial charge in [-0.3, -0.25) is 14.4 Å². The van der Waals surface area contributed by atoms with Crippen LogP contribution in [-0.4, -0.2) is 64.8 Å². The third kappa shape index (κ3) is 6.06. The minimum atomic E-state index is -1.82. The van der Waals surface area contributed by atoms with Gasteiger partial charge in [0, 0.05) is 20.8 Å². The molecule has 1 fully saturated rings. The molecule has 0 aromatic heterocycles. The molecule has 1 aromatic carbocycles. The second-order valence-electron chi connectivity index (χ2n) is 6.63. The van der Waals surface area contributed by atoms with E-state index in [1.54, 1.807) is 0 Å². The zero-order chi connectivity index (χ0) is 23.3. The van der Waals surface area contributed by atoms with Gasteiger partial charge in [0.15, 0.2) is 18.3 Å². The summed E-state index contributed by atoms with van der Waals surface area (Å²) >= 11 is 0. The number of carbonyl (C=O) groups is 4. The fourth-order valence-electron chi connectivity index (χ4n) is 3.00. The molecule has 1 heterocycles. The molecule has 1 aliphatic heterocycles. The van der Waals surface area contributed by atoms with Crippen LogP contribution < -0.4 is 10.5 Å². The minimum absolute atomic E-state index is 0.0241. The van der Waals surface area contributed by atoms with Crippen molar-refractivity contribution >= 4 is 29.6 Å². The standard InChI is InChI=1S/C19H23NO11/c1-8(22)27-14-15(28-9(2)23)17(29-10(3)24)19(31-16(14)18(25)26)30-13-5-4-11(7-21)6-12(13)20/h4-6,14-17,19,21H,7,20H2,1-3H3,(H,25,26)/t14-,15-,16-,17+,19+/m0/s1. The molecule has 12 heteroatoms. The number of anilines is 1. The van der Waals surface area contributed by atoms with Crippen molar-refractivity contribution in [2.24, 2.45) is 0 Å². The Kier molecular flexibility index (Phi) is 7.78.